The molecule has 3 aliphatic rings. The van der Waals surface area contributed by atoms with E-state index in [2.05, 4.69) is 5.32 Å². The number of ether oxygens (including phenoxy) is 2. The predicted molar refractivity (Wildman–Crippen MR) is 104 cm³/mol. The molecule has 0 unspecified atom stereocenters. The van der Waals surface area contributed by atoms with Gasteiger partial charge in [0.05, 0.1) is 6.26 Å². The van der Waals surface area contributed by atoms with Crippen molar-refractivity contribution in [3.63, 3.8) is 0 Å². The molecule has 152 valence electrons. The summed E-state index contributed by atoms with van der Waals surface area (Å²) in [5, 5.41) is 2.92. The van der Waals surface area contributed by atoms with Crippen LogP contribution in [0, 0.1) is 0 Å². The van der Waals surface area contributed by atoms with Crippen LogP contribution in [0.4, 0.5) is 10.5 Å². The van der Waals surface area contributed by atoms with Crippen molar-refractivity contribution in [2.45, 2.75) is 31.5 Å². The summed E-state index contributed by atoms with van der Waals surface area (Å²) < 4.78 is 17.2. The average Bonchev–Trinajstić information content (AvgIpc) is 3.48. The van der Waals surface area contributed by atoms with Crippen molar-refractivity contribution in [2.24, 2.45) is 0 Å². The smallest absolute Gasteiger partial charge is 0.321 e. The molecule has 1 saturated heterocycles. The number of urea groups is 1. The van der Waals surface area contributed by atoms with E-state index in [1.165, 1.54) is 6.26 Å². The topological polar surface area (TPSA) is 84.3 Å². The molecule has 1 saturated carbocycles. The molecular formula is C21H23N3O5. The molecule has 1 N–H and O–H groups in total. The van der Waals surface area contributed by atoms with Crippen molar-refractivity contribution >= 4 is 17.6 Å². The lowest BCUT2D eigenvalue weighted by Crippen LogP contribution is -2.51. The summed E-state index contributed by atoms with van der Waals surface area (Å²) in [6.45, 7) is 1.87. The largest absolute Gasteiger partial charge is 0.459 e. The van der Waals surface area contributed by atoms with Gasteiger partial charge in [-0.15, -0.1) is 0 Å². The summed E-state index contributed by atoms with van der Waals surface area (Å²) >= 11 is 0. The van der Waals surface area contributed by atoms with E-state index in [1.54, 1.807) is 21.9 Å². The zero-order valence-electron chi connectivity index (χ0n) is 16.1. The second-order valence-corrected chi connectivity index (χ2v) is 7.67. The molecular weight excluding hydrogens is 374 g/mol. The van der Waals surface area contributed by atoms with Gasteiger partial charge in [0.25, 0.3) is 11.7 Å². The average molecular weight is 397 g/mol. The molecule has 0 radical (unpaired) electrons. The molecule has 0 atom stereocenters. The van der Waals surface area contributed by atoms with Crippen LogP contribution in [-0.2, 0) is 0 Å². The number of hydrogen-bond donors (Lipinski definition) is 1. The molecule has 3 heterocycles. The van der Waals surface area contributed by atoms with Gasteiger partial charge in [-0.3, -0.25) is 4.79 Å². The molecule has 2 aliphatic heterocycles. The van der Waals surface area contributed by atoms with Gasteiger partial charge in [0.15, 0.2) is 17.3 Å². The standard InChI is InChI=1S/C21H23N3O5/c25-19(17-4-3-13-27-17)23-9-11-24(12-10-23)20(26)22-15-5-6-16-18(14-15)29-21(28-16)7-1-2-8-21/h3-6,13-14H,1-2,7-12H2,(H,22,26). The summed E-state index contributed by atoms with van der Waals surface area (Å²) in [6, 6.07) is 8.64. The van der Waals surface area contributed by atoms with E-state index in [0.29, 0.717) is 43.4 Å². The molecule has 1 aromatic carbocycles. The van der Waals surface area contributed by atoms with E-state index in [4.69, 9.17) is 13.9 Å². The summed E-state index contributed by atoms with van der Waals surface area (Å²) in [7, 11) is 0. The number of carbonyl (C=O) groups is 2. The number of anilines is 1. The lowest BCUT2D eigenvalue weighted by molar-refractivity contribution is -0.0716. The van der Waals surface area contributed by atoms with Gasteiger partial charge in [0, 0.05) is 50.8 Å². The Labute approximate surface area is 168 Å². The maximum atomic E-state index is 12.6. The number of benzene rings is 1. The summed E-state index contributed by atoms with van der Waals surface area (Å²) in [5.41, 5.74) is 0.668. The molecule has 29 heavy (non-hydrogen) atoms. The first-order valence-electron chi connectivity index (χ1n) is 10.0. The van der Waals surface area contributed by atoms with Gasteiger partial charge in [0.1, 0.15) is 0 Å². The third-order valence-electron chi connectivity index (χ3n) is 5.74. The number of piperazine rings is 1. The van der Waals surface area contributed by atoms with E-state index < -0.39 is 5.79 Å². The van der Waals surface area contributed by atoms with Crippen molar-refractivity contribution in [1.29, 1.82) is 0 Å². The first-order chi connectivity index (χ1) is 14.1. The van der Waals surface area contributed by atoms with Gasteiger partial charge in [-0.25, -0.2) is 4.79 Å². The Kier molecular flexibility index (Phi) is 4.34. The quantitative estimate of drug-likeness (QED) is 0.841. The monoisotopic (exact) mass is 397 g/mol. The van der Waals surface area contributed by atoms with Crippen molar-refractivity contribution in [1.82, 2.24) is 9.80 Å². The van der Waals surface area contributed by atoms with Crippen LogP contribution >= 0.6 is 0 Å². The van der Waals surface area contributed by atoms with E-state index in [0.717, 1.165) is 31.4 Å². The summed E-state index contributed by atoms with van der Waals surface area (Å²) in [5.74, 6) is 1.07. The van der Waals surface area contributed by atoms with Crippen molar-refractivity contribution < 1.29 is 23.5 Å². The van der Waals surface area contributed by atoms with Crippen LogP contribution < -0.4 is 14.8 Å². The van der Waals surface area contributed by atoms with Gasteiger partial charge < -0.3 is 29.0 Å². The number of rotatable bonds is 2. The van der Waals surface area contributed by atoms with Crippen LogP contribution in [0.1, 0.15) is 36.2 Å². The normalized spacial score (nSPS) is 19.6. The fourth-order valence-corrected chi connectivity index (χ4v) is 4.16. The van der Waals surface area contributed by atoms with Crippen LogP contribution in [-0.4, -0.2) is 53.7 Å². The number of nitrogens with zero attached hydrogens (tertiary/aromatic N) is 2. The minimum absolute atomic E-state index is 0.147. The summed E-state index contributed by atoms with van der Waals surface area (Å²) in [6.07, 6.45) is 5.48. The molecule has 1 aromatic heterocycles. The maximum Gasteiger partial charge on any atom is 0.321 e. The second-order valence-electron chi connectivity index (χ2n) is 7.67. The van der Waals surface area contributed by atoms with Crippen molar-refractivity contribution in [2.75, 3.05) is 31.5 Å². The first kappa shape index (κ1) is 17.9. The number of carbonyl (C=O) groups excluding carboxylic acids is 2. The minimum atomic E-state index is -0.512. The number of furan rings is 1. The molecule has 0 bridgehead atoms. The number of hydrogen-bond acceptors (Lipinski definition) is 5. The van der Waals surface area contributed by atoms with Gasteiger partial charge in [-0.1, -0.05) is 0 Å². The molecule has 2 fully saturated rings. The molecule has 1 aliphatic carbocycles. The number of amides is 3. The molecule has 2 aromatic rings. The Morgan fingerprint density at radius 2 is 1.66 bits per heavy atom. The van der Waals surface area contributed by atoms with Crippen LogP contribution in [0.3, 0.4) is 0 Å². The summed E-state index contributed by atoms with van der Waals surface area (Å²) in [4.78, 5) is 28.4. The van der Waals surface area contributed by atoms with Gasteiger partial charge >= 0.3 is 6.03 Å². The van der Waals surface area contributed by atoms with Crippen LogP contribution in [0.25, 0.3) is 0 Å². The molecule has 1 spiro atoms. The lowest BCUT2D eigenvalue weighted by Gasteiger charge is -2.34. The van der Waals surface area contributed by atoms with Crippen LogP contribution in [0.15, 0.2) is 41.0 Å². The molecule has 8 heteroatoms. The Morgan fingerprint density at radius 3 is 2.38 bits per heavy atom. The van der Waals surface area contributed by atoms with Crippen molar-refractivity contribution in [3.8, 4) is 11.5 Å². The fourth-order valence-electron chi connectivity index (χ4n) is 4.16. The molecule has 5 rings (SSSR count). The molecule has 8 nitrogen and oxygen atoms in total. The Hall–Kier alpha value is -3.16. The number of nitrogens with one attached hydrogen (secondary N) is 1. The van der Waals surface area contributed by atoms with Gasteiger partial charge in [-0.05, 0) is 37.1 Å². The van der Waals surface area contributed by atoms with Crippen LogP contribution in [0.2, 0.25) is 0 Å². The maximum absolute atomic E-state index is 12.6. The third-order valence-corrected chi connectivity index (χ3v) is 5.74. The van der Waals surface area contributed by atoms with E-state index >= 15 is 0 Å². The number of fused-ring (bicyclic) bond motifs is 1. The Balaban J connectivity index is 1.18. The minimum Gasteiger partial charge on any atom is -0.459 e. The van der Waals surface area contributed by atoms with Crippen LogP contribution in [0.5, 0.6) is 11.5 Å². The van der Waals surface area contributed by atoms with Crippen molar-refractivity contribution in [3.05, 3.63) is 42.4 Å². The highest BCUT2D eigenvalue weighted by molar-refractivity contribution is 5.92. The lowest BCUT2D eigenvalue weighted by atomic mass is 10.2. The molecule has 3 amide bonds. The Bertz CT molecular complexity index is 912. The predicted octanol–water partition coefficient (Wildman–Crippen LogP) is 3.31. The zero-order valence-corrected chi connectivity index (χ0v) is 16.1. The van der Waals surface area contributed by atoms with Gasteiger partial charge in [-0.2, -0.15) is 0 Å². The van der Waals surface area contributed by atoms with Gasteiger partial charge in [0.2, 0.25) is 0 Å². The zero-order chi connectivity index (χ0) is 19.8. The van der Waals surface area contributed by atoms with E-state index in [-0.39, 0.29) is 11.9 Å². The second kappa shape index (κ2) is 7.02. The fraction of sp³-hybridized carbons (Fsp3) is 0.429. The van der Waals surface area contributed by atoms with E-state index in [1.807, 2.05) is 18.2 Å². The first-order valence-corrected chi connectivity index (χ1v) is 10.0. The van der Waals surface area contributed by atoms with E-state index in [9.17, 15) is 9.59 Å². The SMILES string of the molecule is O=C(Nc1ccc2c(c1)OC1(CCCC1)O2)N1CCN(C(=O)c2ccco2)CC1. The highest BCUT2D eigenvalue weighted by Crippen LogP contribution is 2.47. The highest BCUT2D eigenvalue weighted by Gasteiger charge is 2.44. The Morgan fingerprint density at radius 1 is 0.931 bits per heavy atom. The highest BCUT2D eigenvalue weighted by atomic mass is 16.7. The third kappa shape index (κ3) is 3.39.